The number of nitrogens with zero attached hydrogens (tertiary/aromatic N) is 3. The molecule has 5 nitrogen and oxygen atoms in total. The van der Waals surface area contributed by atoms with Crippen molar-refractivity contribution in [2.75, 3.05) is 7.11 Å². The molecule has 0 atom stereocenters. The van der Waals surface area contributed by atoms with Gasteiger partial charge < -0.3 is 4.74 Å². The van der Waals surface area contributed by atoms with Crippen LogP contribution in [0.4, 0.5) is 0 Å². The van der Waals surface area contributed by atoms with Crippen molar-refractivity contribution < 1.29 is 4.74 Å². The standard InChI is InChI=1S/C21H21N3O2/c1-21(2,3)24-17-8-6-5-7-16(17)23-13-22-18(19(23)20(24)25)14-9-11-15(26-4)12-10-14/h5-13H,1-4H3. The Morgan fingerprint density at radius 1 is 0.962 bits per heavy atom. The molecule has 0 spiro atoms. The molecule has 0 unspecified atom stereocenters. The van der Waals surface area contributed by atoms with Gasteiger partial charge in [0.15, 0.2) is 0 Å². The number of imidazole rings is 1. The van der Waals surface area contributed by atoms with E-state index in [9.17, 15) is 4.79 Å². The molecule has 4 rings (SSSR count). The molecule has 0 saturated carbocycles. The van der Waals surface area contributed by atoms with E-state index in [2.05, 4.69) is 4.98 Å². The van der Waals surface area contributed by atoms with E-state index < -0.39 is 0 Å². The predicted octanol–water partition coefficient (Wildman–Crippen LogP) is 4.08. The zero-order valence-electron chi connectivity index (χ0n) is 15.4. The highest BCUT2D eigenvalue weighted by Crippen LogP contribution is 2.27. The maximum Gasteiger partial charge on any atom is 0.278 e. The van der Waals surface area contributed by atoms with Gasteiger partial charge in [-0.15, -0.1) is 0 Å². The summed E-state index contributed by atoms with van der Waals surface area (Å²) in [5.74, 6) is 0.773. The predicted molar refractivity (Wildman–Crippen MR) is 104 cm³/mol. The third kappa shape index (κ3) is 2.39. The fourth-order valence-electron chi connectivity index (χ4n) is 3.43. The summed E-state index contributed by atoms with van der Waals surface area (Å²) in [6.07, 6.45) is 1.73. The molecule has 0 fully saturated rings. The van der Waals surface area contributed by atoms with Crippen LogP contribution in [0.25, 0.3) is 27.8 Å². The lowest BCUT2D eigenvalue weighted by atomic mass is 10.1. The van der Waals surface area contributed by atoms with Crippen LogP contribution >= 0.6 is 0 Å². The van der Waals surface area contributed by atoms with E-state index in [4.69, 9.17) is 4.74 Å². The van der Waals surface area contributed by atoms with Crippen LogP contribution in [0, 0.1) is 0 Å². The number of methoxy groups -OCH3 is 1. The van der Waals surface area contributed by atoms with E-state index in [0.717, 1.165) is 22.3 Å². The number of rotatable bonds is 2. The molecule has 0 aliphatic carbocycles. The number of benzene rings is 2. The Kier molecular flexibility index (Phi) is 3.61. The third-order valence-corrected chi connectivity index (χ3v) is 4.59. The summed E-state index contributed by atoms with van der Waals surface area (Å²) < 4.78 is 8.97. The van der Waals surface area contributed by atoms with Gasteiger partial charge in [-0.3, -0.25) is 13.8 Å². The Morgan fingerprint density at radius 2 is 1.62 bits per heavy atom. The molecule has 0 aliphatic heterocycles. The molecule has 0 amide bonds. The molecular formula is C21H21N3O2. The molecule has 26 heavy (non-hydrogen) atoms. The van der Waals surface area contributed by atoms with E-state index in [1.54, 1.807) is 13.4 Å². The van der Waals surface area contributed by atoms with Gasteiger partial charge in [0.05, 0.1) is 18.1 Å². The number of para-hydroxylation sites is 2. The Labute approximate surface area is 151 Å². The summed E-state index contributed by atoms with van der Waals surface area (Å²) in [4.78, 5) is 18.0. The molecule has 4 aromatic rings. The van der Waals surface area contributed by atoms with Crippen LogP contribution in [0.15, 0.2) is 59.7 Å². The van der Waals surface area contributed by atoms with Crippen molar-refractivity contribution >= 4 is 16.6 Å². The van der Waals surface area contributed by atoms with Crippen LogP contribution in [0.3, 0.4) is 0 Å². The van der Waals surface area contributed by atoms with Crippen LogP contribution in [0.2, 0.25) is 0 Å². The average molecular weight is 347 g/mol. The van der Waals surface area contributed by atoms with Gasteiger partial charge in [0, 0.05) is 11.1 Å². The molecule has 2 aromatic heterocycles. The van der Waals surface area contributed by atoms with Crippen molar-refractivity contribution in [3.63, 3.8) is 0 Å². The Hall–Kier alpha value is -3.08. The minimum atomic E-state index is -0.347. The Balaban J connectivity index is 2.12. The van der Waals surface area contributed by atoms with Gasteiger partial charge in [-0.2, -0.15) is 0 Å². The minimum absolute atomic E-state index is 0.0421. The first-order valence-electron chi connectivity index (χ1n) is 8.57. The van der Waals surface area contributed by atoms with Gasteiger partial charge >= 0.3 is 0 Å². The van der Waals surface area contributed by atoms with Crippen molar-refractivity contribution in [1.29, 1.82) is 0 Å². The summed E-state index contributed by atoms with van der Waals surface area (Å²) in [7, 11) is 1.63. The Bertz CT molecular complexity index is 1160. The topological polar surface area (TPSA) is 48.5 Å². The highest BCUT2D eigenvalue weighted by Gasteiger charge is 2.23. The zero-order chi connectivity index (χ0) is 18.5. The molecular weight excluding hydrogens is 326 g/mol. The lowest BCUT2D eigenvalue weighted by Crippen LogP contribution is -2.35. The van der Waals surface area contributed by atoms with Gasteiger partial charge in [-0.05, 0) is 57.2 Å². The fraction of sp³-hybridized carbons (Fsp3) is 0.238. The second-order valence-corrected chi connectivity index (χ2v) is 7.34. The molecule has 0 bridgehead atoms. The molecule has 2 aromatic carbocycles. The number of fused-ring (bicyclic) bond motifs is 3. The van der Waals surface area contributed by atoms with Crippen molar-refractivity contribution in [2.45, 2.75) is 26.3 Å². The average Bonchev–Trinajstić information content (AvgIpc) is 3.06. The van der Waals surface area contributed by atoms with Gasteiger partial charge in [0.2, 0.25) is 0 Å². The second-order valence-electron chi connectivity index (χ2n) is 7.34. The molecule has 0 saturated heterocycles. The van der Waals surface area contributed by atoms with E-state index in [1.807, 2.05) is 78.3 Å². The molecule has 132 valence electrons. The first-order valence-corrected chi connectivity index (χ1v) is 8.57. The fourth-order valence-corrected chi connectivity index (χ4v) is 3.43. The van der Waals surface area contributed by atoms with Crippen molar-refractivity contribution in [1.82, 2.24) is 14.0 Å². The van der Waals surface area contributed by atoms with Gasteiger partial charge in [0.25, 0.3) is 5.56 Å². The maximum atomic E-state index is 13.4. The largest absolute Gasteiger partial charge is 0.497 e. The molecule has 0 aliphatic rings. The number of aromatic nitrogens is 3. The van der Waals surface area contributed by atoms with Crippen LogP contribution in [0.5, 0.6) is 5.75 Å². The molecule has 0 N–H and O–H groups in total. The normalized spacial score (nSPS) is 12.0. The van der Waals surface area contributed by atoms with Gasteiger partial charge in [0.1, 0.15) is 23.3 Å². The van der Waals surface area contributed by atoms with Gasteiger partial charge in [-0.25, -0.2) is 4.98 Å². The molecule has 0 radical (unpaired) electrons. The number of hydrogen-bond donors (Lipinski definition) is 0. The second kappa shape index (κ2) is 5.73. The van der Waals surface area contributed by atoms with Gasteiger partial charge in [-0.1, -0.05) is 12.1 Å². The summed E-state index contributed by atoms with van der Waals surface area (Å²) in [5, 5.41) is 0. The third-order valence-electron chi connectivity index (χ3n) is 4.59. The summed E-state index contributed by atoms with van der Waals surface area (Å²) in [6.45, 7) is 6.13. The quantitative estimate of drug-likeness (QED) is 0.549. The van der Waals surface area contributed by atoms with Crippen molar-refractivity contribution in [3.05, 3.63) is 65.2 Å². The summed E-state index contributed by atoms with van der Waals surface area (Å²) in [6, 6.07) is 15.5. The smallest absolute Gasteiger partial charge is 0.278 e. The van der Waals surface area contributed by atoms with Crippen LogP contribution in [0.1, 0.15) is 20.8 Å². The highest BCUT2D eigenvalue weighted by atomic mass is 16.5. The number of ether oxygens (including phenoxy) is 1. The van der Waals surface area contributed by atoms with E-state index in [-0.39, 0.29) is 11.1 Å². The van der Waals surface area contributed by atoms with E-state index >= 15 is 0 Å². The highest BCUT2D eigenvalue weighted by molar-refractivity contribution is 5.85. The zero-order valence-corrected chi connectivity index (χ0v) is 15.4. The SMILES string of the molecule is COc1ccc(-c2ncn3c2c(=O)n(C(C)(C)C)c2ccccc23)cc1. The minimum Gasteiger partial charge on any atom is -0.497 e. The van der Waals surface area contributed by atoms with Crippen molar-refractivity contribution in [3.8, 4) is 17.0 Å². The monoisotopic (exact) mass is 347 g/mol. The summed E-state index contributed by atoms with van der Waals surface area (Å²) >= 11 is 0. The van der Waals surface area contributed by atoms with Crippen LogP contribution < -0.4 is 10.3 Å². The molecule has 5 heteroatoms. The lowest BCUT2D eigenvalue weighted by Gasteiger charge is -2.25. The first-order chi connectivity index (χ1) is 12.4. The van der Waals surface area contributed by atoms with E-state index in [0.29, 0.717) is 11.2 Å². The number of hydrogen-bond acceptors (Lipinski definition) is 3. The summed E-state index contributed by atoms with van der Waals surface area (Å²) in [5.41, 5.74) is 3.63. The Morgan fingerprint density at radius 3 is 2.23 bits per heavy atom. The first kappa shape index (κ1) is 16.4. The lowest BCUT2D eigenvalue weighted by molar-refractivity contribution is 0.399. The van der Waals surface area contributed by atoms with Crippen LogP contribution in [-0.4, -0.2) is 21.1 Å². The van der Waals surface area contributed by atoms with Crippen molar-refractivity contribution in [2.24, 2.45) is 0 Å². The molecule has 2 heterocycles. The van der Waals surface area contributed by atoms with Crippen LogP contribution in [-0.2, 0) is 5.54 Å². The maximum absolute atomic E-state index is 13.4. The van der Waals surface area contributed by atoms with E-state index in [1.165, 1.54) is 0 Å².